The molecule has 0 aromatic heterocycles. The molecule has 2 aromatic carbocycles. The van der Waals surface area contributed by atoms with E-state index in [1.54, 1.807) is 0 Å². The second kappa shape index (κ2) is 4.33. The van der Waals surface area contributed by atoms with Crippen LogP contribution < -0.4 is 10.6 Å². The maximum atomic E-state index is 12.4. The molecule has 2 aliphatic heterocycles. The molecule has 0 spiro atoms. The molecule has 2 aliphatic rings. The third kappa shape index (κ3) is 1.69. The van der Waals surface area contributed by atoms with Crippen molar-refractivity contribution in [3.05, 3.63) is 59.7 Å². The number of hydrogen-bond donors (Lipinski definition) is 3. The maximum Gasteiger partial charge on any atom is 0.263 e. The van der Waals surface area contributed by atoms with Gasteiger partial charge in [0.2, 0.25) is 0 Å². The van der Waals surface area contributed by atoms with Gasteiger partial charge in [-0.15, -0.1) is 0 Å². The number of anilines is 2. The fourth-order valence-electron chi connectivity index (χ4n) is 3.36. The van der Waals surface area contributed by atoms with Gasteiger partial charge in [-0.25, -0.2) is 0 Å². The zero-order chi connectivity index (χ0) is 14.4. The molecule has 0 aliphatic carbocycles. The van der Waals surface area contributed by atoms with Crippen LogP contribution in [0.4, 0.5) is 11.4 Å². The first-order chi connectivity index (χ1) is 10.2. The summed E-state index contributed by atoms with van der Waals surface area (Å²) in [6.07, 6.45) is 1.57. The number of fused-ring (bicyclic) bond motifs is 2. The molecule has 0 bridgehead atoms. The first kappa shape index (κ1) is 12.4. The fourth-order valence-corrected chi connectivity index (χ4v) is 3.36. The van der Waals surface area contributed by atoms with Crippen LogP contribution in [0.1, 0.15) is 17.5 Å². The Labute approximate surface area is 122 Å². The van der Waals surface area contributed by atoms with E-state index in [1.165, 1.54) is 5.56 Å². The van der Waals surface area contributed by atoms with Crippen LogP contribution in [-0.2, 0) is 16.8 Å². The van der Waals surface area contributed by atoms with E-state index in [0.29, 0.717) is 11.3 Å². The van der Waals surface area contributed by atoms with Crippen molar-refractivity contribution in [2.75, 3.05) is 10.6 Å². The maximum absolute atomic E-state index is 12.4. The van der Waals surface area contributed by atoms with Crippen molar-refractivity contribution in [2.45, 2.75) is 24.5 Å². The molecule has 2 atom stereocenters. The Morgan fingerprint density at radius 1 is 1.05 bits per heavy atom. The van der Waals surface area contributed by atoms with E-state index in [9.17, 15) is 9.90 Å². The summed E-state index contributed by atoms with van der Waals surface area (Å²) in [7, 11) is 0. The first-order valence-corrected chi connectivity index (χ1v) is 7.17. The summed E-state index contributed by atoms with van der Waals surface area (Å²) in [4.78, 5) is 12.4. The van der Waals surface area contributed by atoms with Crippen molar-refractivity contribution in [1.82, 2.24) is 0 Å². The van der Waals surface area contributed by atoms with Crippen molar-refractivity contribution in [3.63, 3.8) is 0 Å². The zero-order valence-electron chi connectivity index (χ0n) is 11.5. The Hall–Kier alpha value is -2.33. The van der Waals surface area contributed by atoms with Crippen molar-refractivity contribution in [1.29, 1.82) is 0 Å². The topological polar surface area (TPSA) is 61.4 Å². The summed E-state index contributed by atoms with van der Waals surface area (Å²) in [6.45, 7) is 0. The Morgan fingerprint density at radius 2 is 1.76 bits per heavy atom. The van der Waals surface area contributed by atoms with Crippen LogP contribution in [0.5, 0.6) is 0 Å². The second-order valence-corrected chi connectivity index (χ2v) is 5.66. The van der Waals surface area contributed by atoms with E-state index in [1.807, 2.05) is 42.5 Å². The van der Waals surface area contributed by atoms with E-state index in [0.717, 1.165) is 18.5 Å². The predicted molar refractivity (Wildman–Crippen MR) is 81.1 cm³/mol. The number of carbonyl (C=O) groups excluding carboxylic acids is 1. The monoisotopic (exact) mass is 280 g/mol. The lowest BCUT2D eigenvalue weighted by molar-refractivity contribution is -0.135. The number of carbonyl (C=O) groups is 1. The van der Waals surface area contributed by atoms with Crippen LogP contribution >= 0.6 is 0 Å². The molecule has 0 saturated heterocycles. The zero-order valence-corrected chi connectivity index (χ0v) is 11.5. The lowest BCUT2D eigenvalue weighted by Crippen LogP contribution is -2.50. The standard InChI is InChI=1S/C17H16N2O2/c20-16-17(21,12-6-2-4-8-14(12)19-16)15-10-9-11-5-1-3-7-13(11)18-15/h1-8,15,18,21H,9-10H2,(H,19,20). The minimum Gasteiger partial charge on any atom is -0.378 e. The number of nitrogens with one attached hydrogen (secondary N) is 2. The van der Waals surface area contributed by atoms with Gasteiger partial charge in [-0.05, 0) is 30.5 Å². The Morgan fingerprint density at radius 3 is 2.62 bits per heavy atom. The third-order valence-electron chi connectivity index (χ3n) is 4.49. The summed E-state index contributed by atoms with van der Waals surface area (Å²) in [5.74, 6) is -0.347. The van der Waals surface area contributed by atoms with Crippen molar-refractivity contribution < 1.29 is 9.90 Å². The summed E-state index contributed by atoms with van der Waals surface area (Å²) in [6, 6.07) is 15.0. The van der Waals surface area contributed by atoms with Gasteiger partial charge in [0.25, 0.3) is 5.91 Å². The van der Waals surface area contributed by atoms with Gasteiger partial charge in [0, 0.05) is 16.9 Å². The first-order valence-electron chi connectivity index (χ1n) is 7.17. The van der Waals surface area contributed by atoms with Gasteiger partial charge < -0.3 is 15.7 Å². The molecule has 106 valence electrons. The molecule has 2 unspecified atom stereocenters. The van der Waals surface area contributed by atoms with Crippen molar-refractivity contribution >= 4 is 17.3 Å². The summed E-state index contributed by atoms with van der Waals surface area (Å²) in [5.41, 5.74) is 2.07. The molecule has 1 amide bonds. The van der Waals surface area contributed by atoms with Gasteiger partial charge in [-0.1, -0.05) is 36.4 Å². The highest BCUT2D eigenvalue weighted by Crippen LogP contribution is 2.42. The minimum absolute atomic E-state index is 0.323. The summed E-state index contributed by atoms with van der Waals surface area (Å²) >= 11 is 0. The highest BCUT2D eigenvalue weighted by molar-refractivity contribution is 6.05. The van der Waals surface area contributed by atoms with Gasteiger partial charge in [-0.2, -0.15) is 0 Å². The normalized spacial score (nSPS) is 26.5. The van der Waals surface area contributed by atoms with Crippen LogP contribution in [0.25, 0.3) is 0 Å². The molecule has 0 fully saturated rings. The van der Waals surface area contributed by atoms with Gasteiger partial charge in [-0.3, -0.25) is 4.79 Å². The molecule has 2 heterocycles. The lowest BCUT2D eigenvalue weighted by atomic mass is 9.82. The van der Waals surface area contributed by atoms with Gasteiger partial charge in [0.05, 0.1) is 6.04 Å². The largest absolute Gasteiger partial charge is 0.378 e. The SMILES string of the molecule is O=C1Nc2ccccc2C1(O)C1CCc2ccccc2N1. The average Bonchev–Trinajstić information content (AvgIpc) is 2.79. The number of benzene rings is 2. The number of hydrogen-bond acceptors (Lipinski definition) is 3. The van der Waals surface area contributed by atoms with Gasteiger partial charge in [0.15, 0.2) is 5.60 Å². The van der Waals surface area contributed by atoms with E-state index in [2.05, 4.69) is 16.7 Å². The van der Waals surface area contributed by atoms with Crippen molar-refractivity contribution in [2.24, 2.45) is 0 Å². The number of amides is 1. The second-order valence-electron chi connectivity index (χ2n) is 5.66. The number of aryl methyl sites for hydroxylation is 1. The average molecular weight is 280 g/mol. The predicted octanol–water partition coefficient (Wildman–Crippen LogP) is 2.25. The molecule has 0 radical (unpaired) electrons. The van der Waals surface area contributed by atoms with E-state index < -0.39 is 5.60 Å². The van der Waals surface area contributed by atoms with Crippen LogP contribution in [-0.4, -0.2) is 17.1 Å². The summed E-state index contributed by atoms with van der Waals surface area (Å²) in [5, 5.41) is 17.2. The van der Waals surface area contributed by atoms with Gasteiger partial charge >= 0.3 is 0 Å². The molecular formula is C17H16N2O2. The molecule has 3 N–H and O–H groups in total. The molecule has 4 heteroatoms. The molecular weight excluding hydrogens is 264 g/mol. The number of rotatable bonds is 1. The van der Waals surface area contributed by atoms with E-state index in [-0.39, 0.29) is 11.9 Å². The van der Waals surface area contributed by atoms with Crippen LogP contribution in [0.3, 0.4) is 0 Å². The molecule has 4 nitrogen and oxygen atoms in total. The Bertz CT molecular complexity index is 728. The fraction of sp³-hybridized carbons (Fsp3) is 0.235. The Kier molecular flexibility index (Phi) is 2.56. The smallest absolute Gasteiger partial charge is 0.263 e. The van der Waals surface area contributed by atoms with Crippen LogP contribution in [0, 0.1) is 0 Å². The Balaban J connectivity index is 1.76. The number of aliphatic hydroxyl groups is 1. The third-order valence-corrected chi connectivity index (χ3v) is 4.49. The van der Waals surface area contributed by atoms with E-state index in [4.69, 9.17) is 0 Å². The van der Waals surface area contributed by atoms with Crippen LogP contribution in [0.2, 0.25) is 0 Å². The molecule has 21 heavy (non-hydrogen) atoms. The quantitative estimate of drug-likeness (QED) is 0.751. The molecule has 2 aromatic rings. The number of para-hydroxylation sites is 2. The highest BCUT2D eigenvalue weighted by atomic mass is 16.3. The highest BCUT2D eigenvalue weighted by Gasteiger charge is 2.51. The summed E-state index contributed by atoms with van der Waals surface area (Å²) < 4.78 is 0. The van der Waals surface area contributed by atoms with Crippen LogP contribution in [0.15, 0.2) is 48.5 Å². The van der Waals surface area contributed by atoms with Crippen molar-refractivity contribution in [3.8, 4) is 0 Å². The van der Waals surface area contributed by atoms with Gasteiger partial charge in [0.1, 0.15) is 0 Å². The minimum atomic E-state index is -1.51. The van der Waals surface area contributed by atoms with E-state index >= 15 is 0 Å². The lowest BCUT2D eigenvalue weighted by Gasteiger charge is -2.36. The molecule has 4 rings (SSSR count). The molecule has 0 saturated carbocycles.